The number of nitrogens with zero attached hydrogens (tertiary/aromatic N) is 6. The summed E-state index contributed by atoms with van der Waals surface area (Å²) in [6.07, 6.45) is 8.40. The van der Waals surface area contributed by atoms with Crippen LogP contribution in [0.3, 0.4) is 0 Å². The molecular formula is C14H18N8O2S. The molecule has 3 aromatic heterocycles. The maximum Gasteiger partial charge on any atom is 0.243 e. The first kappa shape index (κ1) is 17.0. The molecule has 0 aliphatic heterocycles. The normalized spacial score (nSPS) is 11.6. The van der Waals surface area contributed by atoms with E-state index in [-0.39, 0.29) is 4.90 Å². The number of sulfonamides is 1. The Bertz CT molecular complexity index is 963. The van der Waals surface area contributed by atoms with Crippen molar-refractivity contribution in [2.45, 2.75) is 18.2 Å². The Morgan fingerprint density at radius 2 is 2.04 bits per heavy atom. The molecule has 0 aliphatic carbocycles. The fourth-order valence-electron chi connectivity index (χ4n) is 2.04. The predicted molar refractivity (Wildman–Crippen MR) is 91.1 cm³/mol. The Hall–Kier alpha value is -2.79. The van der Waals surface area contributed by atoms with Crippen LogP contribution >= 0.6 is 0 Å². The monoisotopic (exact) mass is 362 g/mol. The molecule has 0 amide bonds. The van der Waals surface area contributed by atoms with Gasteiger partial charge in [-0.2, -0.15) is 15.2 Å². The number of rotatable bonds is 7. The fraction of sp³-hybridized carbons (Fsp3) is 0.286. The summed E-state index contributed by atoms with van der Waals surface area (Å²) >= 11 is 0. The van der Waals surface area contributed by atoms with E-state index < -0.39 is 10.0 Å². The Morgan fingerprint density at radius 1 is 1.20 bits per heavy atom. The lowest BCUT2D eigenvalue weighted by molar-refractivity contribution is 0.581. The summed E-state index contributed by atoms with van der Waals surface area (Å²) in [5, 5.41) is 11.2. The molecule has 0 radical (unpaired) electrons. The van der Waals surface area contributed by atoms with Crippen molar-refractivity contribution in [2.75, 3.05) is 11.9 Å². The van der Waals surface area contributed by atoms with Crippen LogP contribution in [0.15, 0.2) is 41.9 Å². The Morgan fingerprint density at radius 3 is 2.76 bits per heavy atom. The summed E-state index contributed by atoms with van der Waals surface area (Å²) in [6.45, 7) is 2.27. The molecule has 0 fully saturated rings. The summed E-state index contributed by atoms with van der Waals surface area (Å²) in [6, 6.07) is 1.64. The van der Waals surface area contributed by atoms with Crippen LogP contribution in [0, 0.1) is 0 Å². The van der Waals surface area contributed by atoms with Gasteiger partial charge in [0.2, 0.25) is 16.0 Å². The first-order valence-electron chi connectivity index (χ1n) is 7.61. The van der Waals surface area contributed by atoms with E-state index in [0.717, 1.165) is 5.69 Å². The minimum Gasteiger partial charge on any atom is -0.321 e. The Kier molecular flexibility index (Phi) is 4.76. The van der Waals surface area contributed by atoms with Crippen molar-refractivity contribution in [3.63, 3.8) is 0 Å². The van der Waals surface area contributed by atoms with Gasteiger partial charge >= 0.3 is 0 Å². The molecule has 132 valence electrons. The van der Waals surface area contributed by atoms with Crippen LogP contribution in [0.1, 0.15) is 13.3 Å². The number of nitrogens with one attached hydrogen (secondary N) is 2. The highest BCUT2D eigenvalue weighted by molar-refractivity contribution is 7.89. The summed E-state index contributed by atoms with van der Waals surface area (Å²) in [4.78, 5) is 8.55. The lowest BCUT2D eigenvalue weighted by Crippen LogP contribution is -2.24. The maximum absolute atomic E-state index is 12.1. The van der Waals surface area contributed by atoms with Crippen molar-refractivity contribution in [1.82, 2.24) is 34.3 Å². The average molecular weight is 362 g/mol. The molecule has 0 aliphatic rings. The van der Waals surface area contributed by atoms with Gasteiger partial charge in [-0.25, -0.2) is 22.8 Å². The van der Waals surface area contributed by atoms with Crippen LogP contribution in [0.25, 0.3) is 5.82 Å². The number of aryl methyl sites for hydroxylation is 1. The highest BCUT2D eigenvalue weighted by Gasteiger charge is 2.16. The van der Waals surface area contributed by atoms with Crippen LogP contribution in [-0.4, -0.2) is 44.5 Å². The highest BCUT2D eigenvalue weighted by atomic mass is 32.2. The van der Waals surface area contributed by atoms with E-state index in [2.05, 4.69) is 30.2 Å². The molecule has 25 heavy (non-hydrogen) atoms. The molecule has 3 heterocycles. The first-order chi connectivity index (χ1) is 12.0. The van der Waals surface area contributed by atoms with Gasteiger partial charge in [-0.15, -0.1) is 0 Å². The van der Waals surface area contributed by atoms with Gasteiger partial charge in [0.15, 0.2) is 5.82 Å². The van der Waals surface area contributed by atoms with Crippen molar-refractivity contribution < 1.29 is 8.42 Å². The minimum atomic E-state index is -3.57. The van der Waals surface area contributed by atoms with Gasteiger partial charge in [-0.1, -0.05) is 6.92 Å². The van der Waals surface area contributed by atoms with E-state index in [1.165, 1.54) is 17.1 Å². The zero-order valence-electron chi connectivity index (χ0n) is 13.8. The van der Waals surface area contributed by atoms with Crippen LogP contribution in [0.5, 0.6) is 0 Å². The van der Waals surface area contributed by atoms with Crippen molar-refractivity contribution in [3.05, 3.63) is 37.1 Å². The second-order valence-corrected chi connectivity index (χ2v) is 7.05. The topological polar surface area (TPSA) is 120 Å². The summed E-state index contributed by atoms with van der Waals surface area (Å²) in [5.74, 6) is 0.799. The van der Waals surface area contributed by atoms with Gasteiger partial charge in [0.25, 0.3) is 0 Å². The third kappa shape index (κ3) is 4.00. The lowest BCUT2D eigenvalue weighted by atomic mass is 10.5. The van der Waals surface area contributed by atoms with Crippen molar-refractivity contribution in [2.24, 2.45) is 7.05 Å². The van der Waals surface area contributed by atoms with Gasteiger partial charge in [0, 0.05) is 32.1 Å². The van der Waals surface area contributed by atoms with E-state index in [0.29, 0.717) is 24.7 Å². The molecular weight excluding hydrogens is 344 g/mol. The molecule has 10 nitrogen and oxygen atoms in total. The van der Waals surface area contributed by atoms with Crippen LogP contribution in [0.4, 0.5) is 11.6 Å². The van der Waals surface area contributed by atoms with E-state index in [4.69, 9.17) is 0 Å². The lowest BCUT2D eigenvalue weighted by Gasteiger charge is -2.04. The number of anilines is 2. The van der Waals surface area contributed by atoms with Gasteiger partial charge < -0.3 is 5.32 Å². The summed E-state index contributed by atoms with van der Waals surface area (Å²) in [7, 11) is -1.76. The zero-order chi connectivity index (χ0) is 17.9. The molecule has 0 bridgehead atoms. The number of hydrogen-bond donors (Lipinski definition) is 2. The van der Waals surface area contributed by atoms with Crippen LogP contribution in [-0.2, 0) is 17.1 Å². The number of aromatic nitrogens is 6. The minimum absolute atomic E-state index is 0.0846. The van der Waals surface area contributed by atoms with Crippen molar-refractivity contribution in [3.8, 4) is 5.82 Å². The average Bonchev–Trinajstić information content (AvgIpc) is 3.23. The van der Waals surface area contributed by atoms with E-state index in [1.54, 1.807) is 36.4 Å². The zero-order valence-corrected chi connectivity index (χ0v) is 14.6. The molecule has 0 spiro atoms. The molecule has 0 unspecified atom stereocenters. The van der Waals surface area contributed by atoms with Gasteiger partial charge in [0.05, 0.1) is 24.3 Å². The highest BCUT2D eigenvalue weighted by Crippen LogP contribution is 2.14. The summed E-state index contributed by atoms with van der Waals surface area (Å²) in [5.41, 5.74) is 0.743. The Balaban J connectivity index is 1.82. The van der Waals surface area contributed by atoms with Crippen molar-refractivity contribution >= 4 is 21.7 Å². The third-order valence-electron chi connectivity index (χ3n) is 3.25. The molecule has 3 rings (SSSR count). The maximum atomic E-state index is 12.1. The quantitative estimate of drug-likeness (QED) is 0.639. The second-order valence-electron chi connectivity index (χ2n) is 5.28. The molecule has 11 heteroatoms. The van der Waals surface area contributed by atoms with Crippen LogP contribution < -0.4 is 10.0 Å². The third-order valence-corrected chi connectivity index (χ3v) is 4.66. The van der Waals surface area contributed by atoms with Gasteiger partial charge in [0.1, 0.15) is 4.90 Å². The molecule has 2 N–H and O–H groups in total. The van der Waals surface area contributed by atoms with E-state index in [9.17, 15) is 8.42 Å². The van der Waals surface area contributed by atoms with Crippen LogP contribution in [0.2, 0.25) is 0 Å². The van der Waals surface area contributed by atoms with Gasteiger partial charge in [-0.3, -0.25) is 4.68 Å². The smallest absolute Gasteiger partial charge is 0.243 e. The van der Waals surface area contributed by atoms with E-state index in [1.807, 2.05) is 6.92 Å². The van der Waals surface area contributed by atoms with Crippen molar-refractivity contribution in [1.29, 1.82) is 0 Å². The largest absolute Gasteiger partial charge is 0.321 e. The standard InChI is InChI=1S/C14H18N8O2S/c1-3-5-18-25(23,24)12-8-17-22(10-12)13-4-6-15-14(20-13)19-11-7-16-21(2)9-11/h4,6-10,18H,3,5H2,1-2H3,(H,15,19,20). The van der Waals surface area contributed by atoms with Gasteiger partial charge in [-0.05, 0) is 6.42 Å². The molecule has 3 aromatic rings. The SMILES string of the molecule is CCCNS(=O)(=O)c1cnn(-c2ccnc(Nc3cnn(C)c3)n2)c1. The molecule has 0 saturated carbocycles. The summed E-state index contributed by atoms with van der Waals surface area (Å²) < 4.78 is 29.8. The molecule has 0 saturated heterocycles. The number of hydrogen-bond acceptors (Lipinski definition) is 7. The second kappa shape index (κ2) is 6.99. The first-order valence-corrected chi connectivity index (χ1v) is 9.09. The molecule has 0 atom stereocenters. The Labute approximate surface area is 145 Å². The predicted octanol–water partition coefficient (Wildman–Crippen LogP) is 0.828. The van der Waals surface area contributed by atoms with E-state index >= 15 is 0 Å². The molecule has 0 aromatic carbocycles. The fourth-order valence-corrected chi connectivity index (χ4v) is 3.11.